The van der Waals surface area contributed by atoms with E-state index in [1.165, 1.54) is 0 Å². The van der Waals surface area contributed by atoms with E-state index < -0.39 is 6.43 Å². The molecule has 0 aliphatic carbocycles. The van der Waals surface area contributed by atoms with E-state index in [9.17, 15) is 8.78 Å². The van der Waals surface area contributed by atoms with Gasteiger partial charge in [-0.05, 0) is 0 Å². The highest BCUT2D eigenvalue weighted by molar-refractivity contribution is 4.96. The number of imidazole rings is 1. The Bertz CT molecular complexity index is 234. The number of nitrogens with zero attached hydrogens (tertiary/aromatic N) is 2. The Morgan fingerprint density at radius 3 is 2.92 bits per heavy atom. The van der Waals surface area contributed by atoms with Gasteiger partial charge in [0.05, 0.1) is 18.6 Å². The number of hydrogen-bond acceptors (Lipinski definition) is 2. The summed E-state index contributed by atoms with van der Waals surface area (Å²) in [7, 11) is 1.83. The third-order valence-corrected chi connectivity index (χ3v) is 1.52. The van der Waals surface area contributed by atoms with Crippen LogP contribution in [0.2, 0.25) is 0 Å². The molecule has 1 rings (SSSR count). The van der Waals surface area contributed by atoms with Crippen LogP contribution in [-0.2, 0) is 13.6 Å². The molecular weight excluding hydrogens is 164 g/mol. The average molecular weight is 175 g/mol. The van der Waals surface area contributed by atoms with Crippen molar-refractivity contribution in [3.63, 3.8) is 0 Å². The summed E-state index contributed by atoms with van der Waals surface area (Å²) >= 11 is 0. The second-order valence-corrected chi connectivity index (χ2v) is 2.52. The Kier molecular flexibility index (Phi) is 3.16. The minimum absolute atomic E-state index is 0.273. The Labute approximate surface area is 69.4 Å². The van der Waals surface area contributed by atoms with E-state index in [1.54, 1.807) is 17.1 Å². The van der Waals surface area contributed by atoms with Crippen molar-refractivity contribution < 1.29 is 8.78 Å². The monoisotopic (exact) mass is 175 g/mol. The molecule has 0 amide bonds. The lowest BCUT2D eigenvalue weighted by Gasteiger charge is -2.03. The molecule has 3 nitrogen and oxygen atoms in total. The fraction of sp³-hybridized carbons (Fsp3) is 0.571. The van der Waals surface area contributed by atoms with Crippen LogP contribution < -0.4 is 5.32 Å². The van der Waals surface area contributed by atoms with E-state index in [-0.39, 0.29) is 6.54 Å². The normalized spacial score (nSPS) is 11.0. The van der Waals surface area contributed by atoms with Gasteiger partial charge in [-0.2, -0.15) is 0 Å². The Balaban J connectivity index is 2.29. The van der Waals surface area contributed by atoms with Crippen molar-refractivity contribution in [2.75, 3.05) is 6.54 Å². The Morgan fingerprint density at radius 1 is 1.67 bits per heavy atom. The molecule has 1 aromatic heterocycles. The fourth-order valence-corrected chi connectivity index (χ4v) is 0.864. The first kappa shape index (κ1) is 9.12. The molecule has 1 N–H and O–H groups in total. The lowest BCUT2D eigenvalue weighted by Crippen LogP contribution is -2.21. The summed E-state index contributed by atoms with van der Waals surface area (Å²) in [6.07, 6.45) is 0.996. The quantitative estimate of drug-likeness (QED) is 0.732. The topological polar surface area (TPSA) is 29.9 Å². The van der Waals surface area contributed by atoms with Crippen molar-refractivity contribution in [1.82, 2.24) is 14.9 Å². The summed E-state index contributed by atoms with van der Waals surface area (Å²) < 4.78 is 25.1. The number of alkyl halides is 2. The maximum absolute atomic E-state index is 11.7. The maximum Gasteiger partial charge on any atom is 0.250 e. The lowest BCUT2D eigenvalue weighted by atomic mass is 10.4. The van der Waals surface area contributed by atoms with Crippen molar-refractivity contribution >= 4 is 0 Å². The van der Waals surface area contributed by atoms with Gasteiger partial charge in [0.2, 0.25) is 0 Å². The van der Waals surface area contributed by atoms with Crippen LogP contribution in [0.3, 0.4) is 0 Å². The van der Waals surface area contributed by atoms with Gasteiger partial charge in [0.15, 0.2) is 0 Å². The molecule has 0 fully saturated rings. The third-order valence-electron chi connectivity index (χ3n) is 1.52. The first-order valence-corrected chi connectivity index (χ1v) is 3.64. The van der Waals surface area contributed by atoms with Gasteiger partial charge >= 0.3 is 0 Å². The van der Waals surface area contributed by atoms with Crippen LogP contribution in [0.5, 0.6) is 0 Å². The van der Waals surface area contributed by atoms with Gasteiger partial charge in [-0.15, -0.1) is 0 Å². The van der Waals surface area contributed by atoms with E-state index in [1.807, 2.05) is 7.05 Å². The van der Waals surface area contributed by atoms with Crippen molar-refractivity contribution in [2.24, 2.45) is 7.05 Å². The molecule has 0 saturated heterocycles. The van der Waals surface area contributed by atoms with Crippen molar-refractivity contribution in [1.29, 1.82) is 0 Å². The molecule has 1 aromatic rings. The van der Waals surface area contributed by atoms with Crippen LogP contribution in [-0.4, -0.2) is 22.5 Å². The summed E-state index contributed by atoms with van der Waals surface area (Å²) in [5.41, 5.74) is 0.899. The summed E-state index contributed by atoms with van der Waals surface area (Å²) in [4.78, 5) is 3.85. The minimum Gasteiger partial charge on any atom is -0.337 e. The molecule has 0 unspecified atom stereocenters. The number of aryl methyl sites for hydroxylation is 1. The fourth-order valence-electron chi connectivity index (χ4n) is 0.864. The van der Waals surface area contributed by atoms with E-state index >= 15 is 0 Å². The Hall–Kier alpha value is -0.970. The lowest BCUT2D eigenvalue weighted by molar-refractivity contribution is 0.145. The molecule has 0 atom stereocenters. The highest BCUT2D eigenvalue weighted by Crippen LogP contribution is 1.95. The summed E-state index contributed by atoms with van der Waals surface area (Å²) in [5, 5.41) is 2.62. The third kappa shape index (κ3) is 2.58. The summed E-state index contributed by atoms with van der Waals surface area (Å²) in [6, 6.07) is 0. The number of hydrogen-bond donors (Lipinski definition) is 1. The molecule has 0 spiro atoms. The van der Waals surface area contributed by atoms with Gasteiger partial charge in [-0.1, -0.05) is 0 Å². The standard InChI is InChI=1S/C7H11F2N3/c1-12-5-11-3-6(12)2-10-4-7(8)9/h3,5,7,10H,2,4H2,1H3. The van der Waals surface area contributed by atoms with Gasteiger partial charge in [-0.3, -0.25) is 0 Å². The molecule has 0 aromatic carbocycles. The molecule has 0 bridgehead atoms. The Morgan fingerprint density at radius 2 is 2.42 bits per heavy atom. The van der Waals surface area contributed by atoms with Gasteiger partial charge in [0, 0.05) is 19.8 Å². The summed E-state index contributed by atoms with van der Waals surface area (Å²) in [6.45, 7) is 0.159. The van der Waals surface area contributed by atoms with Gasteiger partial charge in [0.1, 0.15) is 0 Å². The number of rotatable bonds is 4. The van der Waals surface area contributed by atoms with E-state index in [0.29, 0.717) is 6.54 Å². The zero-order valence-electron chi connectivity index (χ0n) is 6.80. The second kappa shape index (κ2) is 4.15. The average Bonchev–Trinajstić information content (AvgIpc) is 2.36. The molecule has 0 aliphatic heterocycles. The van der Waals surface area contributed by atoms with E-state index in [0.717, 1.165) is 5.69 Å². The van der Waals surface area contributed by atoms with Crippen LogP contribution in [0.4, 0.5) is 8.78 Å². The molecule has 68 valence electrons. The van der Waals surface area contributed by atoms with E-state index in [4.69, 9.17) is 0 Å². The largest absolute Gasteiger partial charge is 0.337 e. The van der Waals surface area contributed by atoms with E-state index in [2.05, 4.69) is 10.3 Å². The first-order valence-electron chi connectivity index (χ1n) is 3.64. The molecule has 0 aliphatic rings. The number of aromatic nitrogens is 2. The van der Waals surface area contributed by atoms with Crippen LogP contribution in [0.15, 0.2) is 12.5 Å². The molecule has 5 heteroatoms. The molecule has 1 heterocycles. The SMILES string of the molecule is Cn1cncc1CNCC(F)F. The second-order valence-electron chi connectivity index (χ2n) is 2.52. The van der Waals surface area contributed by atoms with Crippen molar-refractivity contribution in [3.8, 4) is 0 Å². The number of nitrogens with one attached hydrogen (secondary N) is 1. The van der Waals surface area contributed by atoms with Crippen LogP contribution in [0.25, 0.3) is 0 Å². The van der Waals surface area contributed by atoms with Gasteiger partial charge in [0.25, 0.3) is 6.43 Å². The molecule has 12 heavy (non-hydrogen) atoms. The first-order chi connectivity index (χ1) is 5.70. The van der Waals surface area contributed by atoms with Crippen molar-refractivity contribution in [3.05, 3.63) is 18.2 Å². The molecule has 0 saturated carbocycles. The van der Waals surface area contributed by atoms with Gasteiger partial charge < -0.3 is 9.88 Å². The zero-order chi connectivity index (χ0) is 8.97. The van der Waals surface area contributed by atoms with Gasteiger partial charge in [-0.25, -0.2) is 13.8 Å². The molecule has 0 radical (unpaired) electrons. The zero-order valence-corrected chi connectivity index (χ0v) is 6.80. The highest BCUT2D eigenvalue weighted by atomic mass is 19.3. The van der Waals surface area contributed by atoms with Crippen LogP contribution in [0.1, 0.15) is 5.69 Å². The predicted molar refractivity (Wildman–Crippen MR) is 40.9 cm³/mol. The smallest absolute Gasteiger partial charge is 0.250 e. The van der Waals surface area contributed by atoms with Crippen LogP contribution in [0, 0.1) is 0 Å². The minimum atomic E-state index is -2.29. The van der Waals surface area contributed by atoms with Crippen molar-refractivity contribution in [2.45, 2.75) is 13.0 Å². The van der Waals surface area contributed by atoms with Crippen LogP contribution >= 0.6 is 0 Å². The molecular formula is C7H11F2N3. The highest BCUT2D eigenvalue weighted by Gasteiger charge is 2.02. The maximum atomic E-state index is 11.7. The summed E-state index contributed by atoms with van der Waals surface area (Å²) in [5.74, 6) is 0. The predicted octanol–water partition coefficient (Wildman–Crippen LogP) is 0.775. The number of halogens is 2.